The normalized spacial score (nSPS) is 10.4. The van der Waals surface area contributed by atoms with Gasteiger partial charge in [-0.3, -0.25) is 4.79 Å². The van der Waals surface area contributed by atoms with E-state index in [1.165, 1.54) is 12.1 Å². The molecule has 0 aromatic heterocycles. The number of primary amides is 1. The zero-order valence-corrected chi connectivity index (χ0v) is 12.3. The van der Waals surface area contributed by atoms with Crippen LogP contribution in [-0.2, 0) is 6.61 Å². The third kappa shape index (κ3) is 3.49. The summed E-state index contributed by atoms with van der Waals surface area (Å²) in [6.45, 7) is -0.0357. The molecule has 0 bridgehead atoms. The van der Waals surface area contributed by atoms with Crippen molar-refractivity contribution in [2.75, 3.05) is 5.73 Å². The van der Waals surface area contributed by atoms with Gasteiger partial charge >= 0.3 is 0 Å². The van der Waals surface area contributed by atoms with E-state index in [0.717, 1.165) is 12.1 Å². The molecule has 0 aliphatic carbocycles. The van der Waals surface area contributed by atoms with Crippen molar-refractivity contribution in [2.45, 2.75) is 6.61 Å². The Morgan fingerprint density at radius 2 is 1.95 bits per heavy atom. The lowest BCUT2D eigenvalue weighted by Gasteiger charge is -2.11. The largest absolute Gasteiger partial charge is 0.485 e. The molecule has 0 radical (unpaired) electrons. The number of anilines is 1. The first-order valence-electron chi connectivity index (χ1n) is 5.84. The standard InChI is InChI=1S/C14H11BrF2N2O2/c15-10-4-9(16)5-11(17)13(10)21-6-8-2-1-7(14(19)20)3-12(8)18/h1-5H,6,18H2,(H2,19,20). The first kappa shape index (κ1) is 15.2. The highest BCUT2D eigenvalue weighted by Gasteiger charge is 2.12. The molecule has 110 valence electrons. The van der Waals surface area contributed by atoms with Gasteiger partial charge in [0.05, 0.1) is 4.47 Å². The molecule has 4 nitrogen and oxygen atoms in total. The Kier molecular flexibility index (Phi) is 4.42. The summed E-state index contributed by atoms with van der Waals surface area (Å²) in [6.07, 6.45) is 0. The first-order chi connectivity index (χ1) is 9.88. The van der Waals surface area contributed by atoms with E-state index in [4.69, 9.17) is 16.2 Å². The highest BCUT2D eigenvalue weighted by Crippen LogP contribution is 2.30. The van der Waals surface area contributed by atoms with Crippen molar-refractivity contribution in [3.05, 3.63) is 57.6 Å². The number of halogens is 3. The molecule has 0 heterocycles. The van der Waals surface area contributed by atoms with Crippen LogP contribution in [0.5, 0.6) is 5.75 Å². The van der Waals surface area contributed by atoms with Gasteiger partial charge < -0.3 is 16.2 Å². The van der Waals surface area contributed by atoms with Crippen molar-refractivity contribution in [1.29, 1.82) is 0 Å². The van der Waals surface area contributed by atoms with Crippen LogP contribution in [0.4, 0.5) is 14.5 Å². The number of hydrogen-bond donors (Lipinski definition) is 2. The fourth-order valence-electron chi connectivity index (χ4n) is 1.70. The maximum absolute atomic E-state index is 13.6. The molecule has 0 fully saturated rings. The number of rotatable bonds is 4. The summed E-state index contributed by atoms with van der Waals surface area (Å²) >= 11 is 3.02. The minimum absolute atomic E-state index is 0.0357. The second-order valence-corrected chi connectivity index (χ2v) is 5.12. The van der Waals surface area contributed by atoms with Crippen molar-refractivity contribution >= 4 is 27.5 Å². The van der Waals surface area contributed by atoms with Crippen LogP contribution in [-0.4, -0.2) is 5.91 Å². The third-order valence-corrected chi connectivity index (χ3v) is 3.35. The fraction of sp³-hybridized carbons (Fsp3) is 0.0714. The predicted molar refractivity (Wildman–Crippen MR) is 77.8 cm³/mol. The Morgan fingerprint density at radius 3 is 2.52 bits per heavy atom. The van der Waals surface area contributed by atoms with E-state index in [-0.39, 0.29) is 22.4 Å². The van der Waals surface area contributed by atoms with Crippen LogP contribution in [0.3, 0.4) is 0 Å². The van der Waals surface area contributed by atoms with Crippen LogP contribution < -0.4 is 16.2 Å². The molecule has 7 heteroatoms. The smallest absolute Gasteiger partial charge is 0.248 e. The van der Waals surface area contributed by atoms with Crippen LogP contribution in [0.2, 0.25) is 0 Å². The summed E-state index contributed by atoms with van der Waals surface area (Å²) in [5.41, 5.74) is 12.0. The average molecular weight is 357 g/mol. The lowest BCUT2D eigenvalue weighted by molar-refractivity contribution is 0.100. The fourth-order valence-corrected chi connectivity index (χ4v) is 2.22. The molecule has 0 saturated heterocycles. The number of amides is 1. The summed E-state index contributed by atoms with van der Waals surface area (Å²) < 4.78 is 32.0. The van der Waals surface area contributed by atoms with Gasteiger partial charge in [0.1, 0.15) is 12.4 Å². The van der Waals surface area contributed by atoms with Crippen molar-refractivity contribution in [1.82, 2.24) is 0 Å². The van der Waals surface area contributed by atoms with Gasteiger partial charge in [0.25, 0.3) is 0 Å². The molecule has 2 aromatic carbocycles. The molecule has 2 aromatic rings. The van der Waals surface area contributed by atoms with Gasteiger partial charge in [-0.25, -0.2) is 8.78 Å². The molecule has 0 atom stereocenters. The highest BCUT2D eigenvalue weighted by molar-refractivity contribution is 9.10. The maximum atomic E-state index is 13.6. The minimum Gasteiger partial charge on any atom is -0.485 e. The molecule has 0 spiro atoms. The Bertz CT molecular complexity index is 684. The molecule has 2 rings (SSSR count). The van der Waals surface area contributed by atoms with Crippen molar-refractivity contribution in [3.63, 3.8) is 0 Å². The van der Waals surface area contributed by atoms with E-state index in [9.17, 15) is 13.6 Å². The Balaban J connectivity index is 2.19. The number of hydrogen-bond acceptors (Lipinski definition) is 3. The zero-order valence-electron chi connectivity index (χ0n) is 10.7. The van der Waals surface area contributed by atoms with E-state index in [1.807, 2.05) is 0 Å². The van der Waals surface area contributed by atoms with E-state index >= 15 is 0 Å². The number of carbonyl (C=O) groups is 1. The van der Waals surface area contributed by atoms with Crippen LogP contribution in [0.25, 0.3) is 0 Å². The SMILES string of the molecule is NC(=O)c1ccc(COc2c(F)cc(F)cc2Br)c(N)c1. The molecule has 0 saturated carbocycles. The molecule has 21 heavy (non-hydrogen) atoms. The van der Waals surface area contributed by atoms with Crippen LogP contribution in [0.1, 0.15) is 15.9 Å². The van der Waals surface area contributed by atoms with E-state index < -0.39 is 17.5 Å². The van der Waals surface area contributed by atoms with Gasteiger partial charge in [-0.1, -0.05) is 6.07 Å². The molecule has 0 aliphatic rings. The summed E-state index contributed by atoms with van der Waals surface area (Å²) in [5, 5.41) is 0. The molecular formula is C14H11BrF2N2O2. The zero-order chi connectivity index (χ0) is 15.6. The lowest BCUT2D eigenvalue weighted by atomic mass is 10.1. The number of carbonyl (C=O) groups excluding carboxylic acids is 1. The second kappa shape index (κ2) is 6.09. The number of benzene rings is 2. The minimum atomic E-state index is -0.825. The molecule has 4 N–H and O–H groups in total. The van der Waals surface area contributed by atoms with Crippen molar-refractivity contribution in [3.8, 4) is 5.75 Å². The van der Waals surface area contributed by atoms with Gasteiger partial charge in [0, 0.05) is 22.9 Å². The van der Waals surface area contributed by atoms with Gasteiger partial charge in [-0.2, -0.15) is 0 Å². The Morgan fingerprint density at radius 1 is 1.24 bits per heavy atom. The van der Waals surface area contributed by atoms with E-state index in [0.29, 0.717) is 11.3 Å². The topological polar surface area (TPSA) is 78.3 Å². The molecule has 0 aliphatic heterocycles. The number of nitrogen functional groups attached to an aromatic ring is 1. The van der Waals surface area contributed by atoms with Crippen molar-refractivity contribution in [2.24, 2.45) is 5.73 Å². The van der Waals surface area contributed by atoms with Crippen molar-refractivity contribution < 1.29 is 18.3 Å². The van der Waals surface area contributed by atoms with Gasteiger partial charge in [0.15, 0.2) is 11.6 Å². The van der Waals surface area contributed by atoms with Crippen LogP contribution in [0, 0.1) is 11.6 Å². The summed E-state index contributed by atoms with van der Waals surface area (Å²) in [7, 11) is 0. The second-order valence-electron chi connectivity index (χ2n) is 4.27. The molecule has 1 amide bonds. The summed E-state index contributed by atoms with van der Waals surface area (Å²) in [6, 6.07) is 6.28. The number of nitrogens with two attached hydrogens (primary N) is 2. The molecule has 0 unspecified atom stereocenters. The van der Waals surface area contributed by atoms with Gasteiger partial charge in [-0.05, 0) is 34.1 Å². The predicted octanol–water partition coefficient (Wildman–Crippen LogP) is 2.99. The monoisotopic (exact) mass is 356 g/mol. The van der Waals surface area contributed by atoms with E-state index in [1.54, 1.807) is 6.07 Å². The quantitative estimate of drug-likeness (QED) is 0.826. The van der Waals surface area contributed by atoms with E-state index in [2.05, 4.69) is 15.9 Å². The summed E-state index contributed by atoms with van der Waals surface area (Å²) in [4.78, 5) is 11.0. The highest BCUT2D eigenvalue weighted by atomic mass is 79.9. The third-order valence-electron chi connectivity index (χ3n) is 2.77. The lowest BCUT2D eigenvalue weighted by Crippen LogP contribution is -2.12. The van der Waals surface area contributed by atoms with Gasteiger partial charge in [0.2, 0.25) is 5.91 Å². The van der Waals surface area contributed by atoms with Gasteiger partial charge in [-0.15, -0.1) is 0 Å². The summed E-state index contributed by atoms with van der Waals surface area (Å²) in [5.74, 6) is -2.25. The maximum Gasteiger partial charge on any atom is 0.248 e. The number of ether oxygens (including phenoxy) is 1. The average Bonchev–Trinajstić information content (AvgIpc) is 2.38. The Hall–Kier alpha value is -2.15. The van der Waals surface area contributed by atoms with Crippen LogP contribution in [0.15, 0.2) is 34.8 Å². The first-order valence-corrected chi connectivity index (χ1v) is 6.63. The Labute approximate surface area is 127 Å². The molecular weight excluding hydrogens is 346 g/mol. The van der Waals surface area contributed by atoms with Crippen LogP contribution >= 0.6 is 15.9 Å².